The summed E-state index contributed by atoms with van der Waals surface area (Å²) in [7, 11) is 0. The summed E-state index contributed by atoms with van der Waals surface area (Å²) < 4.78 is 0. The third kappa shape index (κ3) is 7.02. The van der Waals surface area contributed by atoms with E-state index in [0.29, 0.717) is 5.92 Å². The summed E-state index contributed by atoms with van der Waals surface area (Å²) >= 11 is 0. The van der Waals surface area contributed by atoms with Gasteiger partial charge in [-0.1, -0.05) is 141 Å². The van der Waals surface area contributed by atoms with Crippen molar-refractivity contribution in [3.05, 3.63) is 69.3 Å². The topological polar surface area (TPSA) is 0 Å². The Hall–Kier alpha value is -1.56. The molecule has 1 unspecified atom stereocenters. The number of hydrogen-bond acceptors (Lipinski definition) is 0. The molecule has 0 heterocycles. The Kier molecular flexibility index (Phi) is 7.96. The first-order valence-corrected chi connectivity index (χ1v) is 13.8. The lowest BCUT2D eigenvalue weighted by Gasteiger charge is -2.35. The Balaban J connectivity index is 2.78. The molecule has 2 rings (SSSR count). The molecule has 0 spiro atoms. The highest BCUT2D eigenvalue weighted by Crippen LogP contribution is 2.42. The molecule has 0 aliphatic carbocycles. The van der Waals surface area contributed by atoms with Crippen LogP contribution in [0.2, 0.25) is 0 Å². The van der Waals surface area contributed by atoms with E-state index in [1.165, 1.54) is 33.4 Å². The zero-order chi connectivity index (χ0) is 27.4. The largest absolute Gasteiger partial charge is 0.0582 e. The van der Waals surface area contributed by atoms with Crippen LogP contribution in [0.1, 0.15) is 156 Å². The molecule has 1 atom stereocenters. The van der Waals surface area contributed by atoms with E-state index in [0.717, 1.165) is 6.42 Å². The van der Waals surface area contributed by atoms with Gasteiger partial charge in [-0.05, 0) is 78.4 Å². The Bertz CT molecular complexity index is 993. The van der Waals surface area contributed by atoms with Crippen molar-refractivity contribution < 1.29 is 0 Å². The summed E-state index contributed by atoms with van der Waals surface area (Å²) in [5, 5.41) is 0. The minimum absolute atomic E-state index is 0.0965. The van der Waals surface area contributed by atoms with Gasteiger partial charge in [0.1, 0.15) is 0 Å². The third-order valence-electron chi connectivity index (χ3n) is 7.50. The van der Waals surface area contributed by atoms with Crippen molar-refractivity contribution in [2.45, 2.75) is 150 Å². The van der Waals surface area contributed by atoms with Gasteiger partial charge in [0.2, 0.25) is 0 Å². The molecule has 0 fully saturated rings. The maximum Gasteiger partial charge on any atom is -0.0129 e. The highest BCUT2D eigenvalue weighted by molar-refractivity contribution is 5.49. The van der Waals surface area contributed by atoms with Crippen molar-refractivity contribution in [3.63, 3.8) is 0 Å². The van der Waals surface area contributed by atoms with Crippen molar-refractivity contribution >= 4 is 0 Å². The molecule has 0 nitrogen and oxygen atoms in total. The van der Waals surface area contributed by atoms with E-state index < -0.39 is 0 Å². The summed E-state index contributed by atoms with van der Waals surface area (Å²) in [5.41, 5.74) is 11.1. The molecule has 0 N–H and O–H groups in total. The molecule has 35 heavy (non-hydrogen) atoms. The van der Waals surface area contributed by atoms with Gasteiger partial charge in [-0.2, -0.15) is 0 Å². The molecule has 2 aromatic rings. The molecule has 0 radical (unpaired) electrons. The van der Waals surface area contributed by atoms with Crippen LogP contribution in [0.25, 0.3) is 0 Å². The van der Waals surface area contributed by atoms with Gasteiger partial charge in [0.25, 0.3) is 0 Å². The van der Waals surface area contributed by atoms with Gasteiger partial charge in [0, 0.05) is 0 Å². The van der Waals surface area contributed by atoms with Gasteiger partial charge >= 0.3 is 0 Å². The molecule has 0 aliphatic heterocycles. The van der Waals surface area contributed by atoms with Gasteiger partial charge < -0.3 is 0 Å². The van der Waals surface area contributed by atoms with Crippen molar-refractivity contribution in [2.75, 3.05) is 0 Å². The maximum absolute atomic E-state index is 2.52. The Morgan fingerprint density at radius 3 is 1.20 bits per heavy atom. The fourth-order valence-corrected chi connectivity index (χ4v) is 5.18. The van der Waals surface area contributed by atoms with Crippen LogP contribution < -0.4 is 0 Å². The Morgan fingerprint density at radius 1 is 0.486 bits per heavy atom. The van der Waals surface area contributed by atoms with Gasteiger partial charge in [0.05, 0.1) is 0 Å². The van der Waals surface area contributed by atoms with Crippen molar-refractivity contribution in [1.82, 2.24) is 0 Å². The van der Waals surface area contributed by atoms with Crippen LogP contribution in [0, 0.1) is 0 Å². The molecule has 0 amide bonds. The standard InChI is InChI=1S/C35H56/c1-23(26-18-17-24(31(2,3)4)20-28(26)33(8,9)10)19-27-29(34(11,12)13)21-25(32(5,6)7)22-30(27)35(14,15)16/h17-18,20-23H,19H2,1-16H3. The first-order chi connectivity index (χ1) is 15.4. The second-order valence-corrected chi connectivity index (χ2v) is 16.2. The second kappa shape index (κ2) is 9.39. The van der Waals surface area contributed by atoms with E-state index >= 15 is 0 Å². The fraction of sp³-hybridized carbons (Fsp3) is 0.657. The summed E-state index contributed by atoms with van der Waals surface area (Å²) in [6.45, 7) is 37.8. The first kappa shape index (κ1) is 29.7. The van der Waals surface area contributed by atoms with E-state index in [4.69, 9.17) is 0 Å². The normalized spacial score (nSPS) is 14.9. The zero-order valence-electron chi connectivity index (χ0n) is 26.2. The zero-order valence-corrected chi connectivity index (χ0v) is 26.2. The molecule has 0 heteroatoms. The minimum atomic E-state index is 0.0965. The maximum atomic E-state index is 2.52. The fourth-order valence-electron chi connectivity index (χ4n) is 5.18. The molecule has 0 aliphatic rings. The second-order valence-electron chi connectivity index (χ2n) is 16.2. The summed E-state index contributed by atoms with van der Waals surface area (Å²) in [6.07, 6.45) is 1.07. The highest BCUT2D eigenvalue weighted by Gasteiger charge is 2.31. The Morgan fingerprint density at radius 2 is 0.857 bits per heavy atom. The number of benzene rings is 2. The lowest BCUT2D eigenvalue weighted by atomic mass is 9.69. The average molecular weight is 477 g/mol. The average Bonchev–Trinajstić information content (AvgIpc) is 2.63. The summed E-state index contributed by atoms with van der Waals surface area (Å²) in [5.74, 6) is 0.445. The summed E-state index contributed by atoms with van der Waals surface area (Å²) in [4.78, 5) is 0. The Labute approximate surface area is 219 Å². The first-order valence-electron chi connectivity index (χ1n) is 13.8. The number of hydrogen-bond donors (Lipinski definition) is 0. The van der Waals surface area contributed by atoms with Gasteiger partial charge in [-0.3, -0.25) is 0 Å². The number of rotatable bonds is 3. The molecule has 0 saturated carbocycles. The predicted molar refractivity (Wildman–Crippen MR) is 159 cm³/mol. The van der Waals surface area contributed by atoms with Gasteiger partial charge in [0.15, 0.2) is 0 Å². The van der Waals surface area contributed by atoms with E-state index in [2.05, 4.69) is 141 Å². The van der Waals surface area contributed by atoms with Crippen LogP contribution in [0.15, 0.2) is 30.3 Å². The van der Waals surface area contributed by atoms with E-state index in [-0.39, 0.29) is 27.1 Å². The van der Waals surface area contributed by atoms with Crippen LogP contribution in [0.4, 0.5) is 0 Å². The SMILES string of the molecule is CC(Cc1c(C(C)(C)C)cc(C(C)(C)C)cc1C(C)(C)C)c1ccc(C(C)(C)C)cc1C(C)(C)C. The van der Waals surface area contributed by atoms with Gasteiger partial charge in [-0.25, -0.2) is 0 Å². The molecule has 2 aromatic carbocycles. The molecule has 0 aromatic heterocycles. The smallest absolute Gasteiger partial charge is 0.0129 e. The lowest BCUT2D eigenvalue weighted by molar-refractivity contribution is 0.528. The van der Waals surface area contributed by atoms with Crippen molar-refractivity contribution in [1.29, 1.82) is 0 Å². The highest BCUT2D eigenvalue weighted by atomic mass is 14.4. The summed E-state index contributed by atoms with van der Waals surface area (Å²) in [6, 6.07) is 12.3. The predicted octanol–water partition coefficient (Wildman–Crippen LogP) is 10.5. The minimum Gasteiger partial charge on any atom is -0.0582 e. The van der Waals surface area contributed by atoms with Crippen LogP contribution in [-0.2, 0) is 33.5 Å². The van der Waals surface area contributed by atoms with E-state index in [9.17, 15) is 0 Å². The van der Waals surface area contributed by atoms with Crippen LogP contribution in [0.3, 0.4) is 0 Å². The van der Waals surface area contributed by atoms with Crippen LogP contribution >= 0.6 is 0 Å². The third-order valence-corrected chi connectivity index (χ3v) is 7.50. The van der Waals surface area contributed by atoms with Crippen molar-refractivity contribution in [2.24, 2.45) is 0 Å². The monoisotopic (exact) mass is 476 g/mol. The van der Waals surface area contributed by atoms with Crippen molar-refractivity contribution in [3.8, 4) is 0 Å². The van der Waals surface area contributed by atoms with Gasteiger partial charge in [-0.15, -0.1) is 0 Å². The lowest BCUT2D eigenvalue weighted by Crippen LogP contribution is -2.25. The molecule has 0 saturated heterocycles. The molecule has 0 bridgehead atoms. The van der Waals surface area contributed by atoms with Crippen LogP contribution in [-0.4, -0.2) is 0 Å². The van der Waals surface area contributed by atoms with Crippen LogP contribution in [0.5, 0.6) is 0 Å². The van der Waals surface area contributed by atoms with E-state index in [1.54, 1.807) is 5.56 Å². The molecule has 196 valence electrons. The molecular weight excluding hydrogens is 420 g/mol. The molecular formula is C35H56. The van der Waals surface area contributed by atoms with E-state index in [1.807, 2.05) is 0 Å². The quantitative estimate of drug-likeness (QED) is 0.413.